The third-order valence-electron chi connectivity index (χ3n) is 25.6. The third kappa shape index (κ3) is 21.5. The number of pyridine rings is 2. The van der Waals surface area contributed by atoms with Crippen molar-refractivity contribution in [1.82, 2.24) is 91.7 Å². The minimum Gasteiger partial charge on any atom is -0.340 e. The molecule has 0 spiro atoms. The van der Waals surface area contributed by atoms with Gasteiger partial charge < -0.3 is 28.4 Å². The number of hydrogen-bond donors (Lipinski definition) is 0. The fourth-order valence-corrected chi connectivity index (χ4v) is 19.2. The van der Waals surface area contributed by atoms with E-state index in [2.05, 4.69) is 162 Å². The summed E-state index contributed by atoms with van der Waals surface area (Å²) in [7, 11) is 0. The fourth-order valence-electron chi connectivity index (χ4n) is 17.9. The van der Waals surface area contributed by atoms with Gasteiger partial charge in [0.15, 0.2) is 11.3 Å². The van der Waals surface area contributed by atoms with Crippen LogP contribution in [0.25, 0.3) is 101 Å². The molecule has 8 aromatic carbocycles. The standard InChI is InChI=1S/C31H26Cl2N4O.C28H24ClN5OS.C25H24ClN5O.C22H24ClN5O/c32-26-12-9-23(10-13-26)30-28(37-20-25(11-14-29(37)34-30)22-5-2-1-3-6-22)21-35-15-17-36(18-16-35)31(38)24-7-4-8-27(33)19-24;29-23-9-6-21(7-10-23)27-24(18-32-12-14-33(15-13-32)28(35)25-16-30-19-36-25)34-17-22(8-11-26(34)31-27)20-4-2-1-3-5-20;1-18(32)30-13-11-29(12-14-30)17-23-25(20-7-9-21(26)10-8-20)28-24-15-27-22(16-31(23)24)19-5-3-2-4-6-19;1-15(29)27-10-8-26(9-11-27)14-20-22(17-4-6-18(23)7-5-17)25-21-12-24-19(13-28(20)21)16-2-3-16/h1-14,19-20H,15-18,21H2;1-11,16-17,19H,12-15,18H2;2-10,15-16H,11-14,17H2,1H3;4-7,12-13,16H,2-3,8-11,14H2,1H3. The number of imidazole rings is 4. The van der Waals surface area contributed by atoms with E-state index in [1.54, 1.807) is 37.7 Å². The van der Waals surface area contributed by atoms with E-state index in [9.17, 15) is 19.2 Å². The lowest BCUT2D eigenvalue weighted by Gasteiger charge is -2.34. The van der Waals surface area contributed by atoms with Gasteiger partial charge >= 0.3 is 0 Å². The van der Waals surface area contributed by atoms with Crippen LogP contribution in [0.4, 0.5) is 0 Å². The maximum atomic E-state index is 13.0. The zero-order valence-electron chi connectivity index (χ0n) is 74.7. The summed E-state index contributed by atoms with van der Waals surface area (Å²) in [6, 6.07) is 77.8. The minimum absolute atomic E-state index is 0.0244. The molecule has 17 aromatic rings. The molecule has 4 aliphatic heterocycles. The number of rotatable bonds is 18. The maximum Gasteiger partial charge on any atom is 0.265 e. The first-order valence-electron chi connectivity index (χ1n) is 45.5. The van der Waals surface area contributed by atoms with Crippen molar-refractivity contribution in [2.45, 2.75) is 58.8 Å². The molecule has 22 rings (SSSR count). The third-order valence-corrected chi connectivity index (χ3v) is 27.6. The number of aromatic nitrogens is 11. The second-order valence-corrected chi connectivity index (χ2v) is 37.5. The Morgan fingerprint density at radius 3 is 1.04 bits per heavy atom. The van der Waals surface area contributed by atoms with Crippen LogP contribution < -0.4 is 0 Å². The Balaban J connectivity index is 0.000000116. The largest absolute Gasteiger partial charge is 0.340 e. The SMILES string of the molecule is CC(=O)N1CCN(Cc2c(-c3ccc(Cl)cc3)nc3cnc(-c4ccccc4)cn23)CC1.CC(=O)N1CCN(Cc2c(-c3ccc(Cl)cc3)nc3cnc(C4CC4)cn23)CC1.O=C(c1cccc(Cl)c1)N1CCN(Cc2c(-c3ccc(Cl)cc3)nc3ccc(-c4ccccc4)cn23)CC1.O=C(c1cncs1)N1CCN(Cc2c(-c3ccc(Cl)cc3)nc3ccc(-c4ccccc4)cn23)CC1. The Morgan fingerprint density at radius 1 is 0.319 bits per heavy atom. The van der Waals surface area contributed by atoms with Crippen LogP contribution in [0.1, 0.15) is 81.1 Å². The van der Waals surface area contributed by atoms with Crippen molar-refractivity contribution in [1.29, 1.82) is 0 Å². The Morgan fingerprint density at radius 2 is 0.667 bits per heavy atom. The summed E-state index contributed by atoms with van der Waals surface area (Å²) in [6.07, 6.45) is 16.4. The van der Waals surface area contributed by atoms with Gasteiger partial charge in [-0.3, -0.25) is 62.5 Å². The smallest absolute Gasteiger partial charge is 0.265 e. The Hall–Kier alpha value is -12.8. The van der Waals surface area contributed by atoms with Gasteiger partial charge in [-0.25, -0.2) is 19.9 Å². The van der Waals surface area contributed by atoms with Gasteiger partial charge in [0.05, 0.1) is 81.0 Å². The molecule has 13 heterocycles. The summed E-state index contributed by atoms with van der Waals surface area (Å²) in [6.45, 7) is 18.6. The molecule has 1 aliphatic carbocycles. The van der Waals surface area contributed by atoms with Crippen LogP contribution in [0.2, 0.25) is 25.1 Å². The number of nitrogens with zero attached hydrogens (tertiary/aromatic N) is 19. The fraction of sp³-hybridized carbons (Fsp3) is 0.236. The Labute approximate surface area is 812 Å². The zero-order valence-corrected chi connectivity index (χ0v) is 79.3. The molecule has 135 heavy (non-hydrogen) atoms. The van der Waals surface area contributed by atoms with E-state index in [4.69, 9.17) is 77.9 Å². The van der Waals surface area contributed by atoms with E-state index >= 15 is 0 Å². The number of benzene rings is 8. The van der Waals surface area contributed by atoms with Crippen molar-refractivity contribution in [3.05, 3.63) is 350 Å². The molecule has 0 unspecified atom stereocenters. The normalized spacial score (nSPS) is 15.2. The number of carbonyl (C=O) groups excluding carboxylic acids is 4. The van der Waals surface area contributed by atoms with E-state index < -0.39 is 0 Å². The van der Waals surface area contributed by atoms with Gasteiger partial charge in [-0.2, -0.15) is 0 Å². The van der Waals surface area contributed by atoms with Crippen LogP contribution in [0, 0.1) is 0 Å². The molecule has 4 amide bonds. The van der Waals surface area contributed by atoms with Crippen LogP contribution in [0.3, 0.4) is 0 Å². The van der Waals surface area contributed by atoms with Crippen molar-refractivity contribution >= 4 is 116 Å². The predicted octanol–water partition coefficient (Wildman–Crippen LogP) is 20.6. The molecular formula is C106H98Cl5N19O4S. The van der Waals surface area contributed by atoms with Gasteiger partial charge in [-0.05, 0) is 126 Å². The van der Waals surface area contributed by atoms with Gasteiger partial charge in [-0.15, -0.1) is 11.3 Å². The number of thiazole rings is 1. The quantitative estimate of drug-likeness (QED) is 0.0784. The predicted molar refractivity (Wildman–Crippen MR) is 537 cm³/mol. The molecular weight excluding hydrogens is 1810 g/mol. The lowest BCUT2D eigenvalue weighted by atomic mass is 10.1. The second-order valence-electron chi connectivity index (χ2n) is 34.4. The monoisotopic (exact) mass is 1910 g/mol. The van der Waals surface area contributed by atoms with E-state index in [1.807, 2.05) is 172 Å². The van der Waals surface area contributed by atoms with Crippen LogP contribution >= 0.6 is 69.3 Å². The Bertz CT molecular complexity index is 7060. The lowest BCUT2D eigenvalue weighted by molar-refractivity contribution is -0.131. The number of fused-ring (bicyclic) bond motifs is 4. The summed E-state index contributed by atoms with van der Waals surface area (Å²) in [4.78, 5) is 100. The summed E-state index contributed by atoms with van der Waals surface area (Å²) < 4.78 is 8.77. The molecule has 0 radical (unpaired) electrons. The summed E-state index contributed by atoms with van der Waals surface area (Å²) >= 11 is 32.1. The number of piperazine rings is 4. The van der Waals surface area contributed by atoms with E-state index in [-0.39, 0.29) is 23.6 Å². The zero-order chi connectivity index (χ0) is 92.6. The molecule has 9 aromatic heterocycles. The summed E-state index contributed by atoms with van der Waals surface area (Å²) in [5, 5.41) is 3.40. The van der Waals surface area contributed by atoms with Crippen LogP contribution in [0.15, 0.2) is 285 Å². The highest BCUT2D eigenvalue weighted by Crippen LogP contribution is 2.41. The summed E-state index contributed by atoms with van der Waals surface area (Å²) in [5.41, 5.74) is 26.1. The molecule has 5 aliphatic rings. The first-order chi connectivity index (χ1) is 65.9. The molecule has 29 heteroatoms. The lowest BCUT2D eigenvalue weighted by Crippen LogP contribution is -2.48. The number of carbonyl (C=O) groups is 4. The van der Waals surface area contributed by atoms with Gasteiger partial charge in [0.25, 0.3) is 11.8 Å². The maximum absolute atomic E-state index is 13.0. The van der Waals surface area contributed by atoms with E-state index in [0.717, 1.165) is 228 Å². The van der Waals surface area contributed by atoms with E-state index in [0.29, 0.717) is 62.6 Å². The van der Waals surface area contributed by atoms with Gasteiger partial charge in [0.1, 0.15) is 16.2 Å². The second kappa shape index (κ2) is 41.6. The molecule has 0 bridgehead atoms. The number of halogens is 5. The van der Waals surface area contributed by atoms with Crippen molar-refractivity contribution < 1.29 is 19.2 Å². The molecule has 1 saturated carbocycles. The molecule has 4 saturated heterocycles. The van der Waals surface area contributed by atoms with Gasteiger partial charge in [0, 0.05) is 234 Å². The van der Waals surface area contributed by atoms with Crippen LogP contribution in [0.5, 0.6) is 0 Å². The highest BCUT2D eigenvalue weighted by Gasteiger charge is 2.32. The molecule has 0 atom stereocenters. The van der Waals surface area contributed by atoms with Crippen molar-refractivity contribution in [2.75, 3.05) is 105 Å². The highest BCUT2D eigenvalue weighted by atomic mass is 35.5. The minimum atomic E-state index is 0.0244. The molecule has 5 fully saturated rings. The van der Waals surface area contributed by atoms with Gasteiger partial charge in [-0.1, -0.05) is 204 Å². The van der Waals surface area contributed by atoms with Crippen molar-refractivity contribution in [3.8, 4) is 78.5 Å². The number of hydrogen-bond acceptors (Lipinski definition) is 16. The summed E-state index contributed by atoms with van der Waals surface area (Å²) in [5.74, 6) is 0.978. The molecule has 0 N–H and O–H groups in total. The first-order valence-corrected chi connectivity index (χ1v) is 48.2. The first kappa shape index (κ1) is 91.3. The average Bonchev–Trinajstić information content (AvgIpc) is 1.57. The van der Waals surface area contributed by atoms with E-state index in [1.165, 1.54) is 35.4 Å². The average molecular weight is 1910 g/mol. The van der Waals surface area contributed by atoms with Crippen LogP contribution in [-0.2, 0) is 35.8 Å². The Kier molecular flexibility index (Phi) is 28.1. The van der Waals surface area contributed by atoms with Crippen molar-refractivity contribution in [2.24, 2.45) is 0 Å². The molecule has 682 valence electrons. The van der Waals surface area contributed by atoms with Crippen molar-refractivity contribution in [3.63, 3.8) is 0 Å². The topological polar surface area (TPSA) is 202 Å². The van der Waals surface area contributed by atoms with Crippen LogP contribution in [-0.4, -0.2) is 220 Å². The van der Waals surface area contributed by atoms with Gasteiger partial charge in [0.2, 0.25) is 11.8 Å². The number of amides is 4. The molecule has 23 nitrogen and oxygen atoms in total. The highest BCUT2D eigenvalue weighted by molar-refractivity contribution is 7.11.